The van der Waals surface area contributed by atoms with E-state index in [0.29, 0.717) is 11.1 Å². The van der Waals surface area contributed by atoms with Gasteiger partial charge in [0.2, 0.25) is 0 Å². The van der Waals surface area contributed by atoms with Crippen LogP contribution in [0.1, 0.15) is 22.8 Å². The van der Waals surface area contributed by atoms with Gasteiger partial charge in [-0.15, -0.1) is 0 Å². The van der Waals surface area contributed by atoms with E-state index in [-0.39, 0.29) is 17.2 Å². The lowest BCUT2D eigenvalue weighted by molar-refractivity contribution is -0.240. The van der Waals surface area contributed by atoms with Crippen molar-refractivity contribution in [3.8, 4) is 0 Å². The Morgan fingerprint density at radius 3 is 2.12 bits per heavy atom. The van der Waals surface area contributed by atoms with Crippen molar-refractivity contribution in [2.45, 2.75) is 19.8 Å². The second kappa shape index (κ2) is 4.65. The van der Waals surface area contributed by atoms with Gasteiger partial charge in [-0.25, -0.2) is 4.90 Å². The van der Waals surface area contributed by atoms with E-state index in [0.717, 1.165) is 7.05 Å². The van der Waals surface area contributed by atoms with E-state index in [1.165, 1.54) is 31.2 Å². The number of hydrogen-bond donors (Lipinski definition) is 0. The van der Waals surface area contributed by atoms with Crippen LogP contribution in [0.25, 0.3) is 0 Å². The number of Topliss-reactive ketones (excluding diaryl/α,β-unsaturated/α-hetero) is 1. The minimum atomic E-state index is -4.33. The van der Waals surface area contributed by atoms with Crippen molar-refractivity contribution in [1.29, 1.82) is 0 Å². The van der Waals surface area contributed by atoms with Gasteiger partial charge in [-0.2, -0.15) is 13.2 Å². The molecule has 0 radical (unpaired) electrons. The minimum absolute atomic E-state index is 0.101. The molecule has 1 rings (SSSR count). The second-order valence-corrected chi connectivity index (χ2v) is 3.58. The van der Waals surface area contributed by atoms with E-state index in [4.69, 9.17) is 0 Å². The van der Waals surface area contributed by atoms with Gasteiger partial charge in [0, 0.05) is 12.1 Å². The highest BCUT2D eigenvalue weighted by Gasteiger charge is 2.33. The Bertz CT molecular complexity index is 370. The number of carbonyl (C=O) groups excluding carboxylic acids is 1. The summed E-state index contributed by atoms with van der Waals surface area (Å²) in [5.74, 6) is -0.101. The number of carbonyl (C=O) groups is 1. The Hall–Kier alpha value is -1.36. The molecule has 0 spiro atoms. The van der Waals surface area contributed by atoms with Crippen molar-refractivity contribution in [3.05, 3.63) is 35.4 Å². The van der Waals surface area contributed by atoms with Crippen LogP contribution in [0.2, 0.25) is 0 Å². The van der Waals surface area contributed by atoms with Crippen LogP contribution in [0, 0.1) is 0 Å². The summed E-state index contributed by atoms with van der Waals surface area (Å²) < 4.78 is 36.6. The van der Waals surface area contributed by atoms with Crippen LogP contribution in [0.4, 0.5) is 13.2 Å². The zero-order valence-corrected chi connectivity index (χ0v) is 9.01. The van der Waals surface area contributed by atoms with Gasteiger partial charge in [0.15, 0.2) is 5.78 Å². The minimum Gasteiger partial charge on any atom is -0.295 e. The van der Waals surface area contributed by atoms with Crippen molar-refractivity contribution in [1.82, 2.24) is 4.90 Å². The van der Waals surface area contributed by atoms with Gasteiger partial charge in [0.25, 0.3) is 0 Å². The molecule has 0 aliphatic rings. The Labute approximate surface area is 91.7 Å². The third-order valence-corrected chi connectivity index (χ3v) is 2.21. The van der Waals surface area contributed by atoms with Crippen molar-refractivity contribution >= 4 is 5.78 Å². The summed E-state index contributed by atoms with van der Waals surface area (Å²) in [5.41, 5.74) is 1.02. The fourth-order valence-corrected chi connectivity index (χ4v) is 1.21. The van der Waals surface area contributed by atoms with Crippen LogP contribution in [0.15, 0.2) is 24.3 Å². The van der Waals surface area contributed by atoms with Crippen molar-refractivity contribution in [2.75, 3.05) is 7.05 Å². The van der Waals surface area contributed by atoms with Crippen molar-refractivity contribution in [2.24, 2.45) is 0 Å². The highest BCUT2D eigenvalue weighted by molar-refractivity contribution is 5.93. The smallest absolute Gasteiger partial charge is 0.295 e. The van der Waals surface area contributed by atoms with E-state index in [1.807, 2.05) is 0 Å². The molecule has 5 heteroatoms. The van der Waals surface area contributed by atoms with Crippen LogP contribution in [-0.4, -0.2) is 24.0 Å². The summed E-state index contributed by atoms with van der Waals surface area (Å²) in [4.78, 5) is 11.2. The number of ketones is 1. The third-order valence-electron chi connectivity index (χ3n) is 2.21. The first-order valence-electron chi connectivity index (χ1n) is 4.68. The molecule has 0 amide bonds. The molecular weight excluding hydrogens is 219 g/mol. The summed E-state index contributed by atoms with van der Waals surface area (Å²) in [7, 11) is 0.985. The molecule has 0 unspecified atom stereocenters. The van der Waals surface area contributed by atoms with Gasteiger partial charge in [-0.05, 0) is 19.5 Å². The topological polar surface area (TPSA) is 20.3 Å². The molecule has 0 aliphatic heterocycles. The molecule has 0 aromatic heterocycles. The molecule has 0 fully saturated rings. The predicted octanol–water partition coefficient (Wildman–Crippen LogP) is 2.84. The average molecular weight is 231 g/mol. The van der Waals surface area contributed by atoms with Crippen LogP contribution in [0.3, 0.4) is 0 Å². The summed E-state index contributed by atoms with van der Waals surface area (Å²) in [6.45, 7) is 1.19. The van der Waals surface area contributed by atoms with Gasteiger partial charge in [0.05, 0.1) is 0 Å². The fraction of sp³-hybridized carbons (Fsp3) is 0.364. The molecule has 0 aliphatic carbocycles. The maximum atomic E-state index is 12.2. The lowest BCUT2D eigenvalue weighted by Gasteiger charge is -2.19. The third kappa shape index (κ3) is 3.34. The fourth-order valence-electron chi connectivity index (χ4n) is 1.21. The van der Waals surface area contributed by atoms with Crippen LogP contribution in [-0.2, 0) is 6.54 Å². The normalized spacial score (nSPS) is 11.9. The first-order chi connectivity index (χ1) is 7.30. The van der Waals surface area contributed by atoms with E-state index in [2.05, 4.69) is 0 Å². The first-order valence-corrected chi connectivity index (χ1v) is 4.68. The molecule has 2 nitrogen and oxygen atoms in total. The van der Waals surface area contributed by atoms with Crippen molar-refractivity contribution in [3.63, 3.8) is 0 Å². The Morgan fingerprint density at radius 2 is 1.75 bits per heavy atom. The Kier molecular flexibility index (Phi) is 3.70. The molecule has 1 aromatic carbocycles. The zero-order chi connectivity index (χ0) is 12.3. The van der Waals surface area contributed by atoms with E-state index in [1.54, 1.807) is 0 Å². The maximum absolute atomic E-state index is 12.2. The first kappa shape index (κ1) is 12.7. The second-order valence-electron chi connectivity index (χ2n) is 3.58. The van der Waals surface area contributed by atoms with E-state index < -0.39 is 6.30 Å². The van der Waals surface area contributed by atoms with Gasteiger partial charge >= 0.3 is 6.30 Å². The maximum Gasteiger partial charge on any atom is 0.459 e. The van der Waals surface area contributed by atoms with Crippen LogP contribution < -0.4 is 0 Å². The number of benzene rings is 1. The molecular formula is C11H12F3NO. The molecule has 0 atom stereocenters. The van der Waals surface area contributed by atoms with E-state index >= 15 is 0 Å². The van der Waals surface area contributed by atoms with Crippen molar-refractivity contribution < 1.29 is 18.0 Å². The monoisotopic (exact) mass is 231 g/mol. The number of hydrogen-bond acceptors (Lipinski definition) is 2. The largest absolute Gasteiger partial charge is 0.459 e. The Balaban J connectivity index is 2.73. The summed E-state index contributed by atoms with van der Waals surface area (Å²) in [6.07, 6.45) is -4.33. The van der Waals surface area contributed by atoms with Gasteiger partial charge in [0.1, 0.15) is 0 Å². The summed E-state index contributed by atoms with van der Waals surface area (Å²) in [6, 6.07) is 6.11. The number of halogens is 3. The zero-order valence-electron chi connectivity index (χ0n) is 9.01. The van der Waals surface area contributed by atoms with Crippen LogP contribution >= 0.6 is 0 Å². The number of nitrogens with zero attached hydrogens (tertiary/aromatic N) is 1. The van der Waals surface area contributed by atoms with Gasteiger partial charge in [-0.3, -0.25) is 4.79 Å². The van der Waals surface area contributed by atoms with Gasteiger partial charge < -0.3 is 0 Å². The van der Waals surface area contributed by atoms with Gasteiger partial charge in [-0.1, -0.05) is 24.3 Å². The predicted molar refractivity (Wildman–Crippen MR) is 54.0 cm³/mol. The highest BCUT2D eigenvalue weighted by atomic mass is 19.4. The molecule has 16 heavy (non-hydrogen) atoms. The highest BCUT2D eigenvalue weighted by Crippen LogP contribution is 2.21. The SMILES string of the molecule is CC(=O)c1ccc(CN(C)C(F)(F)F)cc1. The summed E-state index contributed by atoms with van der Waals surface area (Å²) in [5, 5.41) is 0. The molecule has 0 bridgehead atoms. The molecule has 0 heterocycles. The quantitative estimate of drug-likeness (QED) is 0.589. The average Bonchev–Trinajstić information content (AvgIpc) is 2.17. The Morgan fingerprint density at radius 1 is 1.25 bits per heavy atom. The standard InChI is InChI=1S/C11H12F3NO/c1-8(16)10-5-3-9(4-6-10)7-15(2)11(12,13)14/h3-6H,7H2,1-2H3. The number of alkyl halides is 3. The molecule has 0 N–H and O–H groups in total. The molecule has 1 aromatic rings. The lowest BCUT2D eigenvalue weighted by atomic mass is 10.1. The molecule has 0 saturated heterocycles. The lowest BCUT2D eigenvalue weighted by Crippen LogP contribution is -2.33. The van der Waals surface area contributed by atoms with E-state index in [9.17, 15) is 18.0 Å². The van der Waals surface area contributed by atoms with Crippen LogP contribution in [0.5, 0.6) is 0 Å². The number of rotatable bonds is 3. The molecule has 88 valence electrons. The summed E-state index contributed by atoms with van der Waals surface area (Å²) >= 11 is 0. The molecule has 0 saturated carbocycles.